The molecule has 0 spiro atoms. The summed E-state index contributed by atoms with van der Waals surface area (Å²) in [7, 11) is 0. The highest BCUT2D eigenvalue weighted by atomic mass is 16.5. The average molecular weight is 352 g/mol. The van der Waals surface area contributed by atoms with E-state index in [1.807, 2.05) is 0 Å². The Morgan fingerprint density at radius 1 is 0.741 bits per heavy atom. The SMILES string of the molecule is C(=C1/COCC1C(/C=C/c1ccccc1)c1ccccc1)/c1ccccc1. The number of hydrogen-bond acceptors (Lipinski definition) is 1. The standard InChI is InChI=1S/C26H24O/c1-4-10-21(11-5-1)16-17-25(23-14-8-3-9-15-23)26-20-27-19-24(26)18-22-12-6-2-7-13-22/h1-18,25-26H,19-20H2/b17-16+,24-18+. The predicted molar refractivity (Wildman–Crippen MR) is 113 cm³/mol. The molecule has 2 atom stereocenters. The molecule has 0 radical (unpaired) electrons. The smallest absolute Gasteiger partial charge is 0.0684 e. The number of benzene rings is 3. The van der Waals surface area contributed by atoms with E-state index in [1.54, 1.807) is 0 Å². The minimum atomic E-state index is 0.295. The van der Waals surface area contributed by atoms with Gasteiger partial charge in [-0.1, -0.05) is 109 Å². The van der Waals surface area contributed by atoms with Gasteiger partial charge in [0, 0.05) is 11.8 Å². The first-order valence-corrected chi connectivity index (χ1v) is 9.51. The van der Waals surface area contributed by atoms with Crippen LogP contribution < -0.4 is 0 Å². The summed E-state index contributed by atoms with van der Waals surface area (Å²) in [4.78, 5) is 0. The van der Waals surface area contributed by atoms with Gasteiger partial charge in [-0.15, -0.1) is 0 Å². The van der Waals surface area contributed by atoms with Crippen molar-refractivity contribution in [2.75, 3.05) is 13.2 Å². The Hall–Kier alpha value is -2.90. The number of ether oxygens (including phenoxy) is 1. The Morgan fingerprint density at radius 2 is 1.33 bits per heavy atom. The second kappa shape index (κ2) is 8.66. The molecule has 1 heteroatoms. The molecule has 1 saturated heterocycles. The minimum absolute atomic E-state index is 0.295. The zero-order valence-electron chi connectivity index (χ0n) is 15.4. The maximum absolute atomic E-state index is 5.89. The molecule has 1 fully saturated rings. The van der Waals surface area contributed by atoms with Crippen LogP contribution in [0.2, 0.25) is 0 Å². The van der Waals surface area contributed by atoms with Crippen LogP contribution in [0.1, 0.15) is 22.6 Å². The molecule has 0 saturated carbocycles. The maximum Gasteiger partial charge on any atom is 0.0684 e. The van der Waals surface area contributed by atoms with Crippen molar-refractivity contribution in [1.29, 1.82) is 0 Å². The highest BCUT2D eigenvalue weighted by Crippen LogP contribution is 2.37. The van der Waals surface area contributed by atoms with E-state index in [2.05, 4.69) is 109 Å². The summed E-state index contributed by atoms with van der Waals surface area (Å²) < 4.78 is 5.89. The fraction of sp³-hybridized carbons (Fsp3) is 0.154. The molecule has 0 amide bonds. The van der Waals surface area contributed by atoms with Crippen LogP contribution in [0.4, 0.5) is 0 Å². The summed E-state index contributed by atoms with van der Waals surface area (Å²) >= 11 is 0. The molecule has 3 aromatic carbocycles. The van der Waals surface area contributed by atoms with Crippen molar-refractivity contribution < 1.29 is 4.74 Å². The molecule has 0 N–H and O–H groups in total. The minimum Gasteiger partial charge on any atom is -0.376 e. The summed E-state index contributed by atoms with van der Waals surface area (Å²) in [6.07, 6.45) is 6.86. The van der Waals surface area contributed by atoms with Crippen molar-refractivity contribution in [1.82, 2.24) is 0 Å². The first-order valence-electron chi connectivity index (χ1n) is 9.51. The van der Waals surface area contributed by atoms with Crippen molar-refractivity contribution in [2.45, 2.75) is 5.92 Å². The number of rotatable bonds is 5. The number of allylic oxidation sites excluding steroid dienone is 1. The van der Waals surface area contributed by atoms with Crippen molar-refractivity contribution in [3.8, 4) is 0 Å². The first kappa shape index (κ1) is 17.5. The lowest BCUT2D eigenvalue weighted by Crippen LogP contribution is -2.13. The molecule has 1 heterocycles. The van der Waals surface area contributed by atoms with Crippen LogP contribution in [0.3, 0.4) is 0 Å². The Morgan fingerprint density at radius 3 is 2.00 bits per heavy atom. The van der Waals surface area contributed by atoms with E-state index in [0.717, 1.165) is 6.61 Å². The lowest BCUT2D eigenvalue weighted by molar-refractivity contribution is 0.185. The highest BCUT2D eigenvalue weighted by molar-refractivity contribution is 5.56. The van der Waals surface area contributed by atoms with Gasteiger partial charge in [0.15, 0.2) is 0 Å². The molecule has 4 rings (SSSR count). The van der Waals surface area contributed by atoms with Gasteiger partial charge < -0.3 is 4.74 Å². The summed E-state index contributed by atoms with van der Waals surface area (Å²) in [5.74, 6) is 0.649. The van der Waals surface area contributed by atoms with Gasteiger partial charge in [0.1, 0.15) is 0 Å². The maximum atomic E-state index is 5.89. The Bertz CT molecular complexity index is 895. The van der Waals surface area contributed by atoms with E-state index in [0.29, 0.717) is 18.4 Å². The van der Waals surface area contributed by atoms with Crippen molar-refractivity contribution in [2.24, 2.45) is 5.92 Å². The van der Waals surface area contributed by atoms with Crippen LogP contribution in [-0.2, 0) is 4.74 Å². The monoisotopic (exact) mass is 352 g/mol. The Kier molecular flexibility index (Phi) is 5.61. The Balaban J connectivity index is 1.67. The largest absolute Gasteiger partial charge is 0.376 e. The van der Waals surface area contributed by atoms with Gasteiger partial charge >= 0.3 is 0 Å². The lowest BCUT2D eigenvalue weighted by Gasteiger charge is -2.21. The average Bonchev–Trinajstić information content (AvgIpc) is 3.18. The predicted octanol–water partition coefficient (Wildman–Crippen LogP) is 6.21. The van der Waals surface area contributed by atoms with Crippen molar-refractivity contribution >= 4 is 12.2 Å². The molecule has 0 aromatic heterocycles. The molecule has 1 aliphatic rings. The van der Waals surface area contributed by atoms with Gasteiger partial charge in [-0.3, -0.25) is 0 Å². The molecule has 0 aliphatic carbocycles. The van der Waals surface area contributed by atoms with E-state index in [1.165, 1.54) is 22.3 Å². The number of hydrogen-bond donors (Lipinski definition) is 0. The van der Waals surface area contributed by atoms with E-state index in [-0.39, 0.29) is 0 Å². The normalized spacial score (nSPS) is 19.6. The van der Waals surface area contributed by atoms with Crippen molar-refractivity contribution in [3.63, 3.8) is 0 Å². The van der Waals surface area contributed by atoms with Gasteiger partial charge in [-0.05, 0) is 22.3 Å². The zero-order valence-corrected chi connectivity index (χ0v) is 15.4. The van der Waals surface area contributed by atoms with E-state index >= 15 is 0 Å². The van der Waals surface area contributed by atoms with Crippen LogP contribution in [0.25, 0.3) is 12.2 Å². The second-order valence-corrected chi connectivity index (χ2v) is 6.96. The summed E-state index contributed by atoms with van der Waals surface area (Å²) in [6.45, 7) is 1.47. The van der Waals surface area contributed by atoms with E-state index < -0.39 is 0 Å². The fourth-order valence-electron chi connectivity index (χ4n) is 3.70. The van der Waals surface area contributed by atoms with Crippen LogP contribution in [-0.4, -0.2) is 13.2 Å². The van der Waals surface area contributed by atoms with Crippen LogP contribution in [0.15, 0.2) is 103 Å². The van der Waals surface area contributed by atoms with Gasteiger partial charge in [0.25, 0.3) is 0 Å². The molecule has 1 aliphatic heterocycles. The zero-order chi connectivity index (χ0) is 18.3. The molecule has 2 unspecified atom stereocenters. The van der Waals surface area contributed by atoms with Gasteiger partial charge in [0.05, 0.1) is 13.2 Å². The van der Waals surface area contributed by atoms with E-state index in [9.17, 15) is 0 Å². The lowest BCUT2D eigenvalue weighted by atomic mass is 9.81. The topological polar surface area (TPSA) is 9.23 Å². The third-order valence-electron chi connectivity index (χ3n) is 5.11. The summed E-state index contributed by atoms with van der Waals surface area (Å²) in [6, 6.07) is 31.8. The molecule has 0 bridgehead atoms. The molecular formula is C26H24O. The van der Waals surface area contributed by atoms with Crippen molar-refractivity contribution in [3.05, 3.63) is 119 Å². The summed E-state index contributed by atoms with van der Waals surface area (Å²) in [5, 5.41) is 0. The third-order valence-corrected chi connectivity index (χ3v) is 5.11. The molecule has 1 nitrogen and oxygen atoms in total. The third kappa shape index (κ3) is 4.45. The molecule has 3 aromatic rings. The fourth-order valence-corrected chi connectivity index (χ4v) is 3.70. The molecular weight excluding hydrogens is 328 g/mol. The highest BCUT2D eigenvalue weighted by Gasteiger charge is 2.29. The van der Waals surface area contributed by atoms with Gasteiger partial charge in [-0.2, -0.15) is 0 Å². The second-order valence-electron chi connectivity index (χ2n) is 6.96. The van der Waals surface area contributed by atoms with Crippen LogP contribution in [0, 0.1) is 5.92 Å². The molecule has 27 heavy (non-hydrogen) atoms. The first-order chi connectivity index (χ1) is 13.4. The quantitative estimate of drug-likeness (QED) is 0.530. The Labute approximate surface area is 161 Å². The van der Waals surface area contributed by atoms with Gasteiger partial charge in [0.2, 0.25) is 0 Å². The van der Waals surface area contributed by atoms with Gasteiger partial charge in [-0.25, -0.2) is 0 Å². The van der Waals surface area contributed by atoms with Crippen LogP contribution >= 0.6 is 0 Å². The summed E-state index contributed by atoms with van der Waals surface area (Å²) in [5.41, 5.74) is 5.17. The van der Waals surface area contributed by atoms with E-state index in [4.69, 9.17) is 4.74 Å². The van der Waals surface area contributed by atoms with Crippen LogP contribution in [0.5, 0.6) is 0 Å². The molecule has 134 valence electrons.